The van der Waals surface area contributed by atoms with Gasteiger partial charge in [0.15, 0.2) is 0 Å². The molecule has 23 heavy (non-hydrogen) atoms. The molecule has 0 radical (unpaired) electrons. The first-order valence-electron chi connectivity index (χ1n) is 7.92. The van der Waals surface area contributed by atoms with Crippen LogP contribution in [0.2, 0.25) is 0 Å². The van der Waals surface area contributed by atoms with E-state index in [1.165, 1.54) is 0 Å². The summed E-state index contributed by atoms with van der Waals surface area (Å²) in [6.45, 7) is 1.46. The second-order valence-corrected chi connectivity index (χ2v) is 5.72. The van der Waals surface area contributed by atoms with Gasteiger partial charge in [-0.25, -0.2) is 0 Å². The number of nitrogens with zero attached hydrogens (tertiary/aromatic N) is 1. The molecule has 6 heteroatoms. The average molecular weight is 318 g/mol. The van der Waals surface area contributed by atoms with E-state index in [1.54, 1.807) is 29.2 Å². The lowest BCUT2D eigenvalue weighted by Gasteiger charge is -2.30. The number of carbonyl (C=O) groups is 3. The van der Waals surface area contributed by atoms with Gasteiger partial charge in [0.05, 0.1) is 5.92 Å². The molecule has 2 rings (SSSR count). The molecule has 1 saturated heterocycles. The Morgan fingerprint density at radius 1 is 1.13 bits per heavy atom. The molecule has 0 spiro atoms. The maximum Gasteiger partial charge on any atom is 0.306 e. The molecule has 1 aromatic carbocycles. The number of aliphatic carboxylic acids is 1. The van der Waals surface area contributed by atoms with E-state index in [1.807, 2.05) is 6.07 Å². The summed E-state index contributed by atoms with van der Waals surface area (Å²) in [6.07, 6.45) is 1.99. The minimum atomic E-state index is -0.777. The first-order chi connectivity index (χ1) is 11.1. The highest BCUT2D eigenvalue weighted by atomic mass is 16.4. The van der Waals surface area contributed by atoms with Gasteiger partial charge in [0, 0.05) is 31.6 Å². The predicted octanol–water partition coefficient (Wildman–Crippen LogP) is 1.52. The van der Waals surface area contributed by atoms with Crippen molar-refractivity contribution in [1.29, 1.82) is 0 Å². The van der Waals surface area contributed by atoms with Gasteiger partial charge in [0.2, 0.25) is 5.91 Å². The van der Waals surface area contributed by atoms with Crippen molar-refractivity contribution in [1.82, 2.24) is 10.2 Å². The Bertz CT molecular complexity index is 551. The van der Waals surface area contributed by atoms with Gasteiger partial charge < -0.3 is 15.3 Å². The van der Waals surface area contributed by atoms with Gasteiger partial charge in [-0.3, -0.25) is 14.4 Å². The van der Waals surface area contributed by atoms with Gasteiger partial charge in [-0.15, -0.1) is 0 Å². The summed E-state index contributed by atoms with van der Waals surface area (Å²) in [6, 6.07) is 8.95. The van der Waals surface area contributed by atoms with Gasteiger partial charge in [-0.05, 0) is 31.4 Å². The van der Waals surface area contributed by atoms with E-state index in [0.717, 1.165) is 0 Å². The molecule has 2 N–H and O–H groups in total. The van der Waals surface area contributed by atoms with Gasteiger partial charge in [-0.2, -0.15) is 0 Å². The monoisotopic (exact) mass is 318 g/mol. The van der Waals surface area contributed by atoms with Crippen molar-refractivity contribution in [3.63, 3.8) is 0 Å². The highest BCUT2D eigenvalue weighted by Gasteiger charge is 2.26. The van der Waals surface area contributed by atoms with E-state index < -0.39 is 5.97 Å². The summed E-state index contributed by atoms with van der Waals surface area (Å²) in [5.41, 5.74) is 0.606. The Labute approximate surface area is 135 Å². The molecule has 1 fully saturated rings. The molecule has 0 atom stereocenters. The number of carboxylic acids is 1. The third-order valence-corrected chi connectivity index (χ3v) is 4.09. The first kappa shape index (κ1) is 17.0. The van der Waals surface area contributed by atoms with Crippen molar-refractivity contribution < 1.29 is 19.5 Å². The molecule has 1 heterocycles. The minimum absolute atomic E-state index is 0.0304. The first-order valence-corrected chi connectivity index (χ1v) is 7.92. The largest absolute Gasteiger partial charge is 0.481 e. The molecular formula is C17H22N2O4. The number of hydrogen-bond acceptors (Lipinski definition) is 3. The van der Waals surface area contributed by atoms with E-state index in [4.69, 9.17) is 5.11 Å². The predicted molar refractivity (Wildman–Crippen MR) is 84.9 cm³/mol. The second kappa shape index (κ2) is 8.31. The zero-order valence-electron chi connectivity index (χ0n) is 13.0. The standard InChI is InChI=1S/C17H22N2O4/c20-15(19-11-8-14(9-12-19)17(22)23)7-4-10-18-16(21)13-5-2-1-3-6-13/h1-3,5-6,14H,4,7-12H2,(H,18,21)(H,22,23). The van der Waals surface area contributed by atoms with Crippen molar-refractivity contribution in [3.8, 4) is 0 Å². The Kier molecular flexibility index (Phi) is 6.14. The van der Waals surface area contributed by atoms with Crippen LogP contribution in [0.1, 0.15) is 36.0 Å². The van der Waals surface area contributed by atoms with E-state index in [9.17, 15) is 14.4 Å². The zero-order chi connectivity index (χ0) is 16.7. The van der Waals surface area contributed by atoms with Crippen LogP contribution in [0, 0.1) is 5.92 Å². The molecule has 1 aliphatic rings. The van der Waals surface area contributed by atoms with E-state index >= 15 is 0 Å². The van der Waals surface area contributed by atoms with Gasteiger partial charge >= 0.3 is 5.97 Å². The van der Waals surface area contributed by atoms with E-state index in [2.05, 4.69) is 5.32 Å². The number of nitrogens with one attached hydrogen (secondary N) is 1. The molecule has 1 aromatic rings. The van der Waals surface area contributed by atoms with Crippen LogP contribution in [-0.2, 0) is 9.59 Å². The molecular weight excluding hydrogens is 296 g/mol. The summed E-state index contributed by atoms with van der Waals surface area (Å²) < 4.78 is 0. The maximum absolute atomic E-state index is 12.1. The summed E-state index contributed by atoms with van der Waals surface area (Å²) in [7, 11) is 0. The van der Waals surface area contributed by atoms with Crippen molar-refractivity contribution in [2.75, 3.05) is 19.6 Å². The topological polar surface area (TPSA) is 86.7 Å². The number of carboxylic acid groups (broad SMARTS) is 1. The summed E-state index contributed by atoms with van der Waals surface area (Å²) in [4.78, 5) is 36.5. The molecule has 0 aliphatic carbocycles. The van der Waals surface area contributed by atoms with Crippen molar-refractivity contribution in [2.24, 2.45) is 5.92 Å². The van der Waals surface area contributed by atoms with Crippen molar-refractivity contribution >= 4 is 17.8 Å². The van der Waals surface area contributed by atoms with Crippen LogP contribution in [0.4, 0.5) is 0 Å². The third-order valence-electron chi connectivity index (χ3n) is 4.09. The molecule has 0 aromatic heterocycles. The van der Waals surface area contributed by atoms with Gasteiger partial charge in [0.1, 0.15) is 0 Å². The lowest BCUT2D eigenvalue weighted by atomic mass is 9.97. The molecule has 2 amide bonds. The van der Waals surface area contributed by atoms with Crippen molar-refractivity contribution in [3.05, 3.63) is 35.9 Å². The lowest BCUT2D eigenvalue weighted by molar-refractivity contribution is -0.145. The molecule has 0 saturated carbocycles. The van der Waals surface area contributed by atoms with Crippen LogP contribution >= 0.6 is 0 Å². The number of amides is 2. The smallest absolute Gasteiger partial charge is 0.306 e. The molecule has 0 bridgehead atoms. The number of piperidine rings is 1. The fraction of sp³-hybridized carbons (Fsp3) is 0.471. The highest BCUT2D eigenvalue weighted by Crippen LogP contribution is 2.18. The second-order valence-electron chi connectivity index (χ2n) is 5.72. The Hall–Kier alpha value is -2.37. The van der Waals surface area contributed by atoms with E-state index in [-0.39, 0.29) is 17.7 Å². The molecule has 1 aliphatic heterocycles. The summed E-state index contributed by atoms with van der Waals surface area (Å²) >= 11 is 0. The number of hydrogen-bond donors (Lipinski definition) is 2. The third kappa shape index (κ3) is 5.09. The zero-order valence-corrected chi connectivity index (χ0v) is 13.0. The fourth-order valence-electron chi connectivity index (χ4n) is 2.67. The molecule has 124 valence electrons. The summed E-state index contributed by atoms with van der Waals surface area (Å²) in [5, 5.41) is 11.7. The van der Waals surface area contributed by atoms with Crippen LogP contribution in [0.15, 0.2) is 30.3 Å². The molecule has 6 nitrogen and oxygen atoms in total. The number of benzene rings is 1. The highest BCUT2D eigenvalue weighted by molar-refractivity contribution is 5.94. The average Bonchev–Trinajstić information content (AvgIpc) is 2.59. The minimum Gasteiger partial charge on any atom is -0.481 e. The maximum atomic E-state index is 12.1. The van der Waals surface area contributed by atoms with Crippen LogP contribution in [0.25, 0.3) is 0 Å². The van der Waals surface area contributed by atoms with Gasteiger partial charge in [-0.1, -0.05) is 18.2 Å². The van der Waals surface area contributed by atoms with Gasteiger partial charge in [0.25, 0.3) is 5.91 Å². The van der Waals surface area contributed by atoms with E-state index in [0.29, 0.717) is 50.9 Å². The quantitative estimate of drug-likeness (QED) is 0.779. The number of likely N-dealkylation sites (tertiary alicyclic amines) is 1. The van der Waals surface area contributed by atoms with Crippen molar-refractivity contribution in [2.45, 2.75) is 25.7 Å². The van der Waals surface area contributed by atoms with Crippen LogP contribution in [0.3, 0.4) is 0 Å². The Morgan fingerprint density at radius 2 is 1.78 bits per heavy atom. The Balaban J connectivity index is 1.64. The van der Waals surface area contributed by atoms with Crippen LogP contribution < -0.4 is 5.32 Å². The SMILES string of the molecule is O=C(NCCCC(=O)N1CCC(C(=O)O)CC1)c1ccccc1. The Morgan fingerprint density at radius 3 is 2.39 bits per heavy atom. The van der Waals surface area contributed by atoms with Crippen LogP contribution in [-0.4, -0.2) is 47.4 Å². The summed E-state index contributed by atoms with van der Waals surface area (Å²) in [5.74, 6) is -1.21. The fourth-order valence-corrected chi connectivity index (χ4v) is 2.67. The lowest BCUT2D eigenvalue weighted by Crippen LogP contribution is -2.40. The number of carbonyl (C=O) groups excluding carboxylic acids is 2. The normalized spacial score (nSPS) is 15.2. The number of rotatable bonds is 6. The molecule has 0 unspecified atom stereocenters. The van der Waals surface area contributed by atoms with Crippen LogP contribution in [0.5, 0.6) is 0 Å².